The van der Waals surface area contributed by atoms with Gasteiger partial charge in [-0.3, -0.25) is 14.4 Å². The van der Waals surface area contributed by atoms with Crippen molar-refractivity contribution < 1.29 is 24.3 Å². The molecule has 0 fully saturated rings. The fourth-order valence-electron chi connectivity index (χ4n) is 3.39. The third-order valence-electron chi connectivity index (χ3n) is 5.10. The summed E-state index contributed by atoms with van der Waals surface area (Å²) < 4.78 is 0. The molecule has 3 N–H and O–H groups in total. The van der Waals surface area contributed by atoms with Crippen LogP contribution < -0.4 is 10.6 Å². The topological polar surface area (TPSA) is 116 Å². The molecular weight excluding hydrogens is 434 g/mol. The summed E-state index contributed by atoms with van der Waals surface area (Å²) in [5, 5.41) is 14.8. The molecule has 1 heterocycles. The molecule has 0 radical (unpaired) electrons. The number of halogens is 1. The highest BCUT2D eigenvalue weighted by Gasteiger charge is 2.32. The summed E-state index contributed by atoms with van der Waals surface area (Å²) in [5.41, 5.74) is 3.19. The minimum atomic E-state index is -1.37. The van der Waals surface area contributed by atoms with Crippen LogP contribution in [-0.4, -0.2) is 46.8 Å². The Hall–Kier alpha value is -3.65. The molecule has 0 saturated heterocycles. The number of aliphatic carboxylic acids is 1. The van der Waals surface area contributed by atoms with E-state index >= 15 is 0 Å². The van der Waals surface area contributed by atoms with Gasteiger partial charge in [0.05, 0.1) is 12.5 Å². The number of carboxylic acids is 1. The quantitative estimate of drug-likeness (QED) is 0.579. The second-order valence-electron chi connectivity index (χ2n) is 7.45. The molecule has 2 aromatic rings. The second-order valence-corrected chi connectivity index (χ2v) is 7.89. The number of nitrogens with one attached hydrogen (secondary N) is 2. The van der Waals surface area contributed by atoms with Crippen molar-refractivity contribution in [3.8, 4) is 11.1 Å². The van der Waals surface area contributed by atoms with E-state index in [1.807, 2.05) is 25.1 Å². The van der Waals surface area contributed by atoms with Gasteiger partial charge < -0.3 is 20.6 Å². The maximum atomic E-state index is 12.6. The minimum Gasteiger partial charge on any atom is -0.481 e. The fraction of sp³-hybridized carbons (Fsp3) is 0.217. The van der Waals surface area contributed by atoms with Crippen LogP contribution in [0.25, 0.3) is 11.1 Å². The molecule has 1 aliphatic rings. The Balaban J connectivity index is 1.85. The van der Waals surface area contributed by atoms with Gasteiger partial charge in [-0.15, -0.1) is 0 Å². The first-order valence-corrected chi connectivity index (χ1v) is 10.2. The molecule has 2 aromatic carbocycles. The molecular formula is C23H22ClN3O5. The predicted molar refractivity (Wildman–Crippen MR) is 119 cm³/mol. The molecule has 1 aliphatic heterocycles. The largest absolute Gasteiger partial charge is 0.481 e. The number of hydrogen-bond donors (Lipinski definition) is 3. The monoisotopic (exact) mass is 455 g/mol. The van der Waals surface area contributed by atoms with E-state index in [0.717, 1.165) is 16.7 Å². The number of likely N-dealkylation sites (N-methyl/N-ethyl adjacent to an activating group) is 1. The number of ketones is 1. The summed E-state index contributed by atoms with van der Waals surface area (Å²) in [5.74, 6) is -2.26. The highest BCUT2D eigenvalue weighted by atomic mass is 35.5. The van der Waals surface area contributed by atoms with E-state index in [1.54, 1.807) is 24.3 Å². The number of benzene rings is 2. The van der Waals surface area contributed by atoms with Gasteiger partial charge >= 0.3 is 12.0 Å². The number of aryl methyl sites for hydroxylation is 1. The number of carbonyl (C=O) groups excluding carboxylic acids is 3. The van der Waals surface area contributed by atoms with Crippen molar-refractivity contribution in [1.29, 1.82) is 0 Å². The SMILES string of the molecule is Cc1ccc(C(CC(=O)O)NC(=O)NC2C(=O)C=CN(C)C2=O)cc1-c1cccc(Cl)c1. The Morgan fingerprint density at radius 3 is 2.62 bits per heavy atom. The van der Waals surface area contributed by atoms with Gasteiger partial charge in [0.15, 0.2) is 11.8 Å². The Morgan fingerprint density at radius 2 is 1.94 bits per heavy atom. The van der Waals surface area contributed by atoms with E-state index in [1.165, 1.54) is 24.2 Å². The number of carboxylic acid groups (broad SMARTS) is 1. The summed E-state index contributed by atoms with van der Waals surface area (Å²) in [4.78, 5) is 49.4. The lowest BCUT2D eigenvalue weighted by Crippen LogP contribution is -2.55. The molecule has 0 spiro atoms. The lowest BCUT2D eigenvalue weighted by atomic mass is 9.94. The number of hydrogen-bond acceptors (Lipinski definition) is 4. The lowest BCUT2D eigenvalue weighted by molar-refractivity contribution is -0.138. The Bertz CT molecular complexity index is 1110. The van der Waals surface area contributed by atoms with Gasteiger partial charge in [-0.2, -0.15) is 0 Å². The molecule has 166 valence electrons. The zero-order valence-corrected chi connectivity index (χ0v) is 18.2. The normalized spacial score (nSPS) is 16.6. The predicted octanol–water partition coefficient (Wildman–Crippen LogP) is 3.05. The maximum absolute atomic E-state index is 12.6. The third kappa shape index (κ3) is 5.33. The first-order valence-electron chi connectivity index (χ1n) is 9.79. The Morgan fingerprint density at radius 1 is 1.19 bits per heavy atom. The van der Waals surface area contributed by atoms with Crippen molar-refractivity contribution in [1.82, 2.24) is 15.5 Å². The zero-order valence-electron chi connectivity index (χ0n) is 17.5. The number of nitrogens with zero attached hydrogens (tertiary/aromatic N) is 1. The smallest absolute Gasteiger partial charge is 0.316 e. The van der Waals surface area contributed by atoms with E-state index < -0.39 is 42.2 Å². The van der Waals surface area contributed by atoms with Crippen LogP contribution in [0.4, 0.5) is 4.79 Å². The highest BCUT2D eigenvalue weighted by Crippen LogP contribution is 2.29. The molecule has 32 heavy (non-hydrogen) atoms. The van der Waals surface area contributed by atoms with E-state index in [0.29, 0.717) is 10.6 Å². The van der Waals surface area contributed by atoms with Crippen LogP contribution in [0.5, 0.6) is 0 Å². The van der Waals surface area contributed by atoms with Gasteiger partial charge in [-0.25, -0.2) is 4.79 Å². The molecule has 9 heteroatoms. The lowest BCUT2D eigenvalue weighted by Gasteiger charge is -2.25. The van der Waals surface area contributed by atoms with Gasteiger partial charge in [-0.1, -0.05) is 35.9 Å². The molecule has 3 rings (SSSR count). The summed E-state index contributed by atoms with van der Waals surface area (Å²) in [6.45, 7) is 1.91. The van der Waals surface area contributed by atoms with Crippen molar-refractivity contribution >= 4 is 35.3 Å². The molecule has 0 aromatic heterocycles. The van der Waals surface area contributed by atoms with Gasteiger partial charge in [-0.05, 0) is 47.4 Å². The van der Waals surface area contributed by atoms with Crippen LogP contribution in [0.15, 0.2) is 54.7 Å². The van der Waals surface area contributed by atoms with Crippen LogP contribution in [0.3, 0.4) is 0 Å². The zero-order chi connectivity index (χ0) is 23.4. The molecule has 3 amide bonds. The Labute approximate surface area is 189 Å². The average Bonchev–Trinajstić information content (AvgIpc) is 2.73. The molecule has 2 atom stereocenters. The third-order valence-corrected chi connectivity index (χ3v) is 5.34. The van der Waals surface area contributed by atoms with E-state index in [9.17, 15) is 24.3 Å². The first kappa shape index (κ1) is 23.0. The molecule has 0 bridgehead atoms. The van der Waals surface area contributed by atoms with Crippen LogP contribution in [0.1, 0.15) is 23.6 Å². The van der Waals surface area contributed by atoms with Crippen molar-refractivity contribution in [3.63, 3.8) is 0 Å². The van der Waals surface area contributed by atoms with E-state index in [2.05, 4.69) is 10.6 Å². The summed E-state index contributed by atoms with van der Waals surface area (Å²) >= 11 is 6.11. The van der Waals surface area contributed by atoms with Crippen LogP contribution in [0, 0.1) is 6.92 Å². The van der Waals surface area contributed by atoms with Crippen LogP contribution in [0.2, 0.25) is 5.02 Å². The van der Waals surface area contributed by atoms with Crippen molar-refractivity contribution in [2.24, 2.45) is 0 Å². The highest BCUT2D eigenvalue weighted by molar-refractivity contribution is 6.30. The summed E-state index contributed by atoms with van der Waals surface area (Å²) in [6.07, 6.45) is 2.12. The summed E-state index contributed by atoms with van der Waals surface area (Å²) in [6, 6.07) is 9.51. The molecule has 0 aliphatic carbocycles. The van der Waals surface area contributed by atoms with Crippen molar-refractivity contribution in [3.05, 3.63) is 70.9 Å². The summed E-state index contributed by atoms with van der Waals surface area (Å²) in [7, 11) is 1.47. The molecule has 0 saturated carbocycles. The fourth-order valence-corrected chi connectivity index (χ4v) is 3.58. The van der Waals surface area contributed by atoms with Crippen LogP contribution in [-0.2, 0) is 14.4 Å². The van der Waals surface area contributed by atoms with E-state index in [-0.39, 0.29) is 0 Å². The average molecular weight is 456 g/mol. The molecule has 2 unspecified atom stereocenters. The van der Waals surface area contributed by atoms with Crippen molar-refractivity contribution in [2.45, 2.75) is 25.4 Å². The number of carbonyl (C=O) groups is 4. The number of amides is 3. The first-order chi connectivity index (χ1) is 15.2. The van der Waals surface area contributed by atoms with Gasteiger partial charge in [0, 0.05) is 24.3 Å². The Kier molecular flexibility index (Phi) is 6.95. The van der Waals surface area contributed by atoms with E-state index in [4.69, 9.17) is 11.6 Å². The van der Waals surface area contributed by atoms with Gasteiger partial charge in [0.2, 0.25) is 0 Å². The minimum absolute atomic E-state index is 0.391. The number of rotatable bonds is 6. The van der Waals surface area contributed by atoms with Crippen molar-refractivity contribution in [2.75, 3.05) is 7.05 Å². The van der Waals surface area contributed by atoms with Gasteiger partial charge in [0.25, 0.3) is 5.91 Å². The van der Waals surface area contributed by atoms with Crippen LogP contribution >= 0.6 is 11.6 Å². The molecule has 8 nitrogen and oxygen atoms in total. The number of urea groups is 1. The standard InChI is InChI=1S/C23H22ClN3O5/c1-13-6-7-15(11-17(13)14-4-3-5-16(24)10-14)18(12-20(29)30)25-23(32)26-21-19(28)8-9-27(2)22(21)31/h3-11,18,21H,12H2,1-2H3,(H,29,30)(H2,25,26,32). The maximum Gasteiger partial charge on any atom is 0.316 e. The second kappa shape index (κ2) is 9.65. The van der Waals surface area contributed by atoms with Gasteiger partial charge in [0.1, 0.15) is 0 Å².